The summed E-state index contributed by atoms with van der Waals surface area (Å²) in [6.07, 6.45) is 0. The summed E-state index contributed by atoms with van der Waals surface area (Å²) in [6, 6.07) is 0. The van der Waals surface area contributed by atoms with Crippen LogP contribution in [0.15, 0.2) is 0 Å². The van der Waals surface area contributed by atoms with E-state index in [1.54, 1.807) is 0 Å². The van der Waals surface area contributed by atoms with E-state index in [0.717, 1.165) is 5.06 Å². The Balaban J connectivity index is 0.00000121. The fourth-order valence-corrected chi connectivity index (χ4v) is 1.31. The number of hydrogen-bond acceptors (Lipinski definition) is 6. The molecule has 0 saturated carbocycles. The van der Waals surface area contributed by atoms with Gasteiger partial charge in [0.1, 0.15) is 0 Å². The maximum Gasteiger partial charge on any atom is 2.00 e. The van der Waals surface area contributed by atoms with Gasteiger partial charge in [-0.2, -0.15) is 5.06 Å². The Bertz CT molecular complexity index is 168. The molecule has 1 rings (SSSR count). The molecule has 1 saturated heterocycles. The van der Waals surface area contributed by atoms with Crippen molar-refractivity contribution in [3.8, 4) is 0 Å². The average molecular weight is 204 g/mol. The van der Waals surface area contributed by atoms with Crippen LogP contribution in [0.4, 0.5) is 0 Å². The molecule has 0 aromatic carbocycles. The molecule has 0 unspecified atom stereocenters. The summed E-state index contributed by atoms with van der Waals surface area (Å²) in [4.78, 5) is 20.2. The maximum absolute atomic E-state index is 10.1. The smallest absolute Gasteiger partial charge is 0.788 e. The van der Waals surface area contributed by atoms with Crippen LogP contribution >= 0.6 is 7.82 Å². The molecular formula is C4H9MgN2O4P. The quantitative estimate of drug-likeness (QED) is 0.388. The van der Waals surface area contributed by atoms with Crippen LogP contribution in [0.3, 0.4) is 0 Å². The Hall–Kier alpha value is 0.796. The first-order valence-corrected chi connectivity index (χ1v) is 4.71. The standard InChI is InChI=1S/C4H11N2O4P.Mg/c7-11(8,9)10-6-3-1-5-2-4-6;/h5H,1-4H2,(H2,7,8,9);/q;+2/p-2. The summed E-state index contributed by atoms with van der Waals surface area (Å²) < 4.78 is 14.2. The van der Waals surface area contributed by atoms with Gasteiger partial charge in [-0.25, -0.2) is 0 Å². The predicted octanol–water partition coefficient (Wildman–Crippen LogP) is -2.73. The molecule has 1 aliphatic rings. The summed E-state index contributed by atoms with van der Waals surface area (Å²) in [7, 11) is -4.84. The Labute approximate surface area is 86.6 Å². The van der Waals surface area contributed by atoms with Crippen LogP contribution < -0.4 is 15.1 Å². The van der Waals surface area contributed by atoms with Crippen LogP contribution in [0.1, 0.15) is 0 Å². The fourth-order valence-electron chi connectivity index (χ4n) is 0.867. The van der Waals surface area contributed by atoms with E-state index in [-0.39, 0.29) is 23.1 Å². The summed E-state index contributed by atoms with van der Waals surface area (Å²) >= 11 is 0. The third kappa shape index (κ3) is 5.44. The molecule has 66 valence electrons. The summed E-state index contributed by atoms with van der Waals surface area (Å²) in [5.74, 6) is 0. The van der Waals surface area contributed by atoms with Gasteiger partial charge in [0.2, 0.25) is 0 Å². The van der Waals surface area contributed by atoms with Gasteiger partial charge in [0.05, 0.1) is 7.82 Å². The van der Waals surface area contributed by atoms with Crippen LogP contribution in [0.25, 0.3) is 0 Å². The zero-order valence-corrected chi connectivity index (χ0v) is 8.87. The zero-order valence-electron chi connectivity index (χ0n) is 6.56. The Kier molecular flexibility index (Phi) is 5.88. The summed E-state index contributed by atoms with van der Waals surface area (Å²) in [5, 5.41) is 4.14. The summed E-state index contributed by atoms with van der Waals surface area (Å²) in [5.41, 5.74) is 0. The van der Waals surface area contributed by atoms with Gasteiger partial charge >= 0.3 is 23.1 Å². The number of nitrogens with one attached hydrogen (secondary N) is 1. The topological polar surface area (TPSA) is 87.7 Å². The first kappa shape index (κ1) is 12.8. The average Bonchev–Trinajstić information content (AvgIpc) is 1.85. The molecule has 0 aromatic heterocycles. The van der Waals surface area contributed by atoms with Gasteiger partial charge < -0.3 is 19.7 Å². The van der Waals surface area contributed by atoms with Crippen molar-refractivity contribution >= 4 is 30.9 Å². The van der Waals surface area contributed by atoms with E-state index in [0.29, 0.717) is 26.2 Å². The van der Waals surface area contributed by atoms with E-state index in [4.69, 9.17) is 0 Å². The van der Waals surface area contributed by atoms with E-state index in [2.05, 4.69) is 9.94 Å². The van der Waals surface area contributed by atoms with E-state index in [1.165, 1.54) is 0 Å². The molecule has 1 fully saturated rings. The zero-order chi connectivity index (χ0) is 8.32. The second-order valence-corrected chi connectivity index (χ2v) is 3.27. The van der Waals surface area contributed by atoms with Crippen molar-refractivity contribution in [2.75, 3.05) is 26.2 Å². The van der Waals surface area contributed by atoms with E-state index in [9.17, 15) is 14.4 Å². The molecular weight excluding hydrogens is 195 g/mol. The second kappa shape index (κ2) is 5.51. The Morgan fingerprint density at radius 3 is 2.25 bits per heavy atom. The number of phosphoric acid groups is 1. The SMILES string of the molecule is O=P([O-])([O-])ON1CCNCC1.[Mg+2]. The van der Waals surface area contributed by atoms with Gasteiger partial charge in [-0.05, 0) is 0 Å². The first-order chi connectivity index (χ1) is 5.08. The molecule has 0 aliphatic carbocycles. The molecule has 0 radical (unpaired) electrons. The minimum absolute atomic E-state index is 0. The Morgan fingerprint density at radius 1 is 1.33 bits per heavy atom. The third-order valence-corrected chi connectivity index (χ3v) is 1.72. The number of hydrogen-bond donors (Lipinski definition) is 1. The van der Waals surface area contributed by atoms with Crippen LogP contribution in [0.5, 0.6) is 0 Å². The molecule has 0 bridgehead atoms. The van der Waals surface area contributed by atoms with Crippen molar-refractivity contribution < 1.29 is 19.0 Å². The monoisotopic (exact) mass is 204 g/mol. The van der Waals surface area contributed by atoms with Gasteiger partial charge in [0.25, 0.3) is 0 Å². The van der Waals surface area contributed by atoms with Crippen LogP contribution in [-0.2, 0) is 9.19 Å². The van der Waals surface area contributed by atoms with Crippen molar-refractivity contribution in [1.29, 1.82) is 0 Å². The van der Waals surface area contributed by atoms with Gasteiger partial charge in [-0.3, -0.25) is 4.62 Å². The molecule has 12 heavy (non-hydrogen) atoms. The molecule has 0 aromatic rings. The second-order valence-electron chi connectivity index (χ2n) is 2.21. The minimum atomic E-state index is -4.84. The van der Waals surface area contributed by atoms with Crippen molar-refractivity contribution in [2.24, 2.45) is 0 Å². The van der Waals surface area contributed by atoms with Crippen LogP contribution in [0.2, 0.25) is 0 Å². The number of hydroxylamine groups is 2. The van der Waals surface area contributed by atoms with Gasteiger partial charge in [-0.15, -0.1) is 0 Å². The first-order valence-electron chi connectivity index (χ1n) is 3.25. The molecule has 0 atom stereocenters. The predicted molar refractivity (Wildman–Crippen MR) is 38.9 cm³/mol. The van der Waals surface area contributed by atoms with E-state index >= 15 is 0 Å². The molecule has 0 spiro atoms. The number of rotatable bonds is 2. The van der Waals surface area contributed by atoms with E-state index < -0.39 is 7.82 Å². The number of piperazine rings is 1. The van der Waals surface area contributed by atoms with E-state index in [1.807, 2.05) is 0 Å². The Morgan fingerprint density at radius 2 is 1.83 bits per heavy atom. The molecule has 0 amide bonds. The fraction of sp³-hybridized carbons (Fsp3) is 1.00. The van der Waals surface area contributed by atoms with Crippen molar-refractivity contribution in [2.45, 2.75) is 0 Å². The van der Waals surface area contributed by atoms with Gasteiger partial charge in [0, 0.05) is 26.2 Å². The van der Waals surface area contributed by atoms with Gasteiger partial charge in [-0.1, -0.05) is 0 Å². The third-order valence-electron chi connectivity index (χ3n) is 1.29. The van der Waals surface area contributed by atoms with Gasteiger partial charge in [0.15, 0.2) is 0 Å². The van der Waals surface area contributed by atoms with Crippen molar-refractivity contribution in [3.05, 3.63) is 0 Å². The maximum atomic E-state index is 10.1. The van der Waals surface area contributed by atoms with Crippen molar-refractivity contribution in [3.63, 3.8) is 0 Å². The summed E-state index contributed by atoms with van der Waals surface area (Å²) in [6.45, 7) is 2.13. The van der Waals surface area contributed by atoms with Crippen LogP contribution in [-0.4, -0.2) is 54.3 Å². The molecule has 8 heteroatoms. The molecule has 1 N–H and O–H groups in total. The molecule has 1 aliphatic heterocycles. The minimum Gasteiger partial charge on any atom is -0.788 e. The largest absolute Gasteiger partial charge is 2.00 e. The normalized spacial score (nSPS) is 20.2. The number of nitrogens with zero attached hydrogens (tertiary/aromatic N) is 1. The van der Waals surface area contributed by atoms with Crippen LogP contribution in [0, 0.1) is 0 Å². The molecule has 6 nitrogen and oxygen atoms in total. The molecule has 1 heterocycles. The van der Waals surface area contributed by atoms with Crippen molar-refractivity contribution in [1.82, 2.24) is 10.4 Å².